The quantitative estimate of drug-likeness (QED) is 0.172. The van der Waals surface area contributed by atoms with Gasteiger partial charge >= 0.3 is 0 Å². The molecule has 0 saturated carbocycles. The van der Waals surface area contributed by atoms with E-state index in [1.807, 2.05) is 7.05 Å². The van der Waals surface area contributed by atoms with Gasteiger partial charge in [0.25, 0.3) is 0 Å². The molecule has 5 nitrogen and oxygen atoms in total. The number of rotatable bonds is 18. The summed E-state index contributed by atoms with van der Waals surface area (Å²) >= 11 is 9.43. The van der Waals surface area contributed by atoms with Crippen molar-refractivity contribution in [2.75, 3.05) is 20.1 Å². The molecule has 0 aromatic rings. The van der Waals surface area contributed by atoms with Crippen LogP contribution >= 0.6 is 23.2 Å². The van der Waals surface area contributed by atoms with Crippen LogP contribution in [0, 0.1) is 0 Å². The van der Waals surface area contributed by atoms with Gasteiger partial charge in [-0.15, -0.1) is 0 Å². The van der Waals surface area contributed by atoms with E-state index in [1.54, 1.807) is 0 Å². The Labute approximate surface area is 182 Å². The number of carbonyl (C=O) groups is 1. The number of unbranched alkanes of at least 4 members (excludes halogenated alkanes) is 13. The van der Waals surface area contributed by atoms with Crippen molar-refractivity contribution in [2.24, 2.45) is 0 Å². The van der Waals surface area contributed by atoms with E-state index in [2.05, 4.69) is 6.92 Å². The Hall–Kier alpha value is -0.0700. The summed E-state index contributed by atoms with van der Waals surface area (Å²) in [6.45, 7) is 3.77. The Balaban J connectivity index is 0. The summed E-state index contributed by atoms with van der Waals surface area (Å²) < 4.78 is 0. The Morgan fingerprint density at radius 3 is 1.43 bits per heavy atom. The van der Waals surface area contributed by atoms with E-state index in [1.165, 1.54) is 94.8 Å². The molecule has 0 aliphatic carbocycles. The lowest BCUT2D eigenvalue weighted by molar-refractivity contribution is -0.886. The highest BCUT2D eigenvalue weighted by molar-refractivity contribution is 6.52. The average Bonchev–Trinajstić information content (AvgIpc) is 2.61. The van der Waals surface area contributed by atoms with Crippen LogP contribution in [0.15, 0.2) is 0 Å². The molecule has 0 radical (unpaired) electrons. The van der Waals surface area contributed by atoms with Crippen LogP contribution in [0.4, 0.5) is 0 Å². The van der Waals surface area contributed by atoms with Crippen molar-refractivity contribution in [1.82, 2.24) is 0 Å². The number of carbonyl (C=O) groups excluding carboxylic acids is 1. The number of hydrogen-bond acceptors (Lipinski definition) is 4. The van der Waals surface area contributed by atoms with Crippen LogP contribution in [-0.4, -0.2) is 47.4 Å². The van der Waals surface area contributed by atoms with Gasteiger partial charge in [-0.2, -0.15) is 0 Å². The van der Waals surface area contributed by atoms with Crippen molar-refractivity contribution in [3.63, 3.8) is 0 Å². The van der Waals surface area contributed by atoms with Crippen LogP contribution in [0.3, 0.4) is 0 Å². The minimum Gasteiger partial charge on any atom is -0.547 e. The number of halogens is 2. The minimum absolute atomic E-state index is 0.443. The lowest BCUT2D eigenvalue weighted by atomic mass is 10.0. The van der Waals surface area contributed by atoms with Gasteiger partial charge in [0.2, 0.25) is 6.29 Å². The number of nitrogens with one attached hydrogen (secondary N) is 1. The van der Waals surface area contributed by atoms with Gasteiger partial charge in [0.15, 0.2) is 0 Å². The van der Waals surface area contributed by atoms with E-state index in [-0.39, 0.29) is 0 Å². The molecular formula is C21H43Cl2NO4. The number of aliphatic hydroxyl groups excluding tert-OH is 1. The molecule has 0 amide bonds. The zero-order valence-corrected chi connectivity index (χ0v) is 19.4. The van der Waals surface area contributed by atoms with Crippen LogP contribution in [0.25, 0.3) is 0 Å². The van der Waals surface area contributed by atoms with Gasteiger partial charge in [-0.1, -0.05) is 107 Å². The predicted molar refractivity (Wildman–Crippen MR) is 116 cm³/mol. The molecule has 170 valence electrons. The molecule has 3 N–H and O–H groups in total. The van der Waals surface area contributed by atoms with Gasteiger partial charge in [-0.05, 0) is 12.8 Å². The van der Waals surface area contributed by atoms with Crippen molar-refractivity contribution in [2.45, 2.75) is 108 Å². The van der Waals surface area contributed by atoms with E-state index in [0.717, 1.165) is 6.54 Å². The van der Waals surface area contributed by atoms with Gasteiger partial charge < -0.3 is 25.0 Å². The zero-order chi connectivity index (χ0) is 21.6. The standard InChI is InChI=1S/C19H41NO2.C2H2Cl2O2/c1-3-4-5-6-7-8-9-10-11-12-13-14-15-16-17-20(2)18-19(21)22;3-1(4)2(5)6/h19,21-22H,3-18H2,1-2H3;1H,(H,5,6). The van der Waals surface area contributed by atoms with Crippen LogP contribution in [0.2, 0.25) is 0 Å². The molecule has 0 spiro atoms. The molecule has 0 fully saturated rings. The first-order valence-electron chi connectivity index (χ1n) is 11.0. The third-order valence-corrected chi connectivity index (χ3v) is 5.02. The van der Waals surface area contributed by atoms with Crippen molar-refractivity contribution in [3.8, 4) is 0 Å². The topological polar surface area (TPSA) is 85.0 Å². The number of carboxylic acid groups (broad SMARTS) is 1. The summed E-state index contributed by atoms with van der Waals surface area (Å²) in [5, 5.41) is 27.1. The minimum atomic E-state index is -1.46. The second kappa shape index (κ2) is 23.2. The molecule has 0 aromatic heterocycles. The Morgan fingerprint density at radius 2 is 1.14 bits per heavy atom. The lowest BCUT2D eigenvalue weighted by Gasteiger charge is -2.14. The van der Waals surface area contributed by atoms with Crippen molar-refractivity contribution < 1.29 is 25.0 Å². The van der Waals surface area contributed by atoms with Crippen LogP contribution in [0.5, 0.6) is 0 Å². The van der Waals surface area contributed by atoms with E-state index in [4.69, 9.17) is 33.4 Å². The molecule has 0 aliphatic rings. The number of hydrogen-bond donors (Lipinski definition) is 3. The number of alkyl halides is 2. The monoisotopic (exact) mass is 443 g/mol. The first kappa shape index (κ1) is 30.1. The highest BCUT2D eigenvalue weighted by atomic mass is 35.5. The first-order valence-corrected chi connectivity index (χ1v) is 11.8. The van der Waals surface area contributed by atoms with Gasteiger partial charge in [0.05, 0.1) is 19.6 Å². The SMILES string of the molecule is CCCCCCCCCCCCCCCC[NH+](C)CC(O)O.O=C([O-])C(Cl)Cl. The molecule has 7 heteroatoms. The lowest BCUT2D eigenvalue weighted by Crippen LogP contribution is -3.10. The summed E-state index contributed by atoms with van der Waals surface area (Å²) in [7, 11) is 2.03. The number of carboxylic acids is 1. The summed E-state index contributed by atoms with van der Waals surface area (Å²) in [4.78, 5) is 9.14. The molecule has 0 aromatic carbocycles. The molecule has 0 rings (SSSR count). The van der Waals surface area contributed by atoms with Crippen molar-refractivity contribution >= 4 is 29.2 Å². The van der Waals surface area contributed by atoms with Crippen LogP contribution < -0.4 is 10.0 Å². The molecule has 0 heterocycles. The van der Waals surface area contributed by atoms with E-state index >= 15 is 0 Å². The van der Waals surface area contributed by atoms with E-state index < -0.39 is 17.1 Å². The molecule has 0 saturated heterocycles. The fraction of sp³-hybridized carbons (Fsp3) is 0.952. The van der Waals surface area contributed by atoms with Crippen molar-refractivity contribution in [1.29, 1.82) is 0 Å². The second-order valence-electron chi connectivity index (χ2n) is 7.61. The van der Waals surface area contributed by atoms with Crippen molar-refractivity contribution in [3.05, 3.63) is 0 Å². The third-order valence-electron chi connectivity index (χ3n) is 4.67. The number of likely N-dealkylation sites (N-methyl/N-ethyl adjacent to an activating group) is 1. The Kier molecular flexibility index (Phi) is 25.0. The molecule has 1 atom stereocenters. The molecular weight excluding hydrogens is 401 g/mol. The fourth-order valence-electron chi connectivity index (χ4n) is 3.04. The summed E-state index contributed by atoms with van der Waals surface area (Å²) in [6.07, 6.45) is 18.2. The van der Waals surface area contributed by atoms with E-state index in [9.17, 15) is 9.90 Å². The average molecular weight is 444 g/mol. The summed E-state index contributed by atoms with van der Waals surface area (Å²) in [6, 6.07) is 0. The molecule has 0 bridgehead atoms. The zero-order valence-electron chi connectivity index (χ0n) is 17.9. The fourth-order valence-corrected chi connectivity index (χ4v) is 3.04. The van der Waals surface area contributed by atoms with Crippen LogP contribution in [0.1, 0.15) is 96.8 Å². The van der Waals surface area contributed by atoms with Gasteiger partial charge in [0, 0.05) is 0 Å². The second-order valence-corrected chi connectivity index (χ2v) is 8.70. The maximum atomic E-state index is 9.32. The number of aliphatic carboxylic acids is 1. The van der Waals surface area contributed by atoms with Gasteiger partial charge in [-0.3, -0.25) is 0 Å². The molecule has 0 aliphatic heterocycles. The predicted octanol–water partition coefficient (Wildman–Crippen LogP) is 2.83. The van der Waals surface area contributed by atoms with Crippen LogP contribution in [-0.2, 0) is 4.79 Å². The first-order chi connectivity index (χ1) is 13.3. The molecule has 1 unspecified atom stereocenters. The number of quaternary nitrogens is 1. The molecule has 28 heavy (non-hydrogen) atoms. The summed E-state index contributed by atoms with van der Waals surface area (Å²) in [5.74, 6) is -1.46. The highest BCUT2D eigenvalue weighted by Gasteiger charge is 2.06. The Bertz CT molecular complexity index is 332. The Morgan fingerprint density at radius 1 is 0.821 bits per heavy atom. The summed E-state index contributed by atoms with van der Waals surface area (Å²) in [5.41, 5.74) is 0. The van der Waals surface area contributed by atoms with Gasteiger partial charge in [-0.25, -0.2) is 0 Å². The number of aliphatic hydroxyl groups is 2. The maximum Gasteiger partial charge on any atom is 0.202 e. The normalized spacial score (nSPS) is 12.1. The third kappa shape index (κ3) is 28.1. The van der Waals surface area contributed by atoms with E-state index in [0.29, 0.717) is 6.54 Å². The smallest absolute Gasteiger partial charge is 0.202 e. The van der Waals surface area contributed by atoms with Gasteiger partial charge in [0.1, 0.15) is 11.4 Å². The highest BCUT2D eigenvalue weighted by Crippen LogP contribution is 2.12. The maximum absolute atomic E-state index is 9.32. The largest absolute Gasteiger partial charge is 0.547 e.